The lowest BCUT2D eigenvalue weighted by molar-refractivity contribution is -0.141. The number of nitrogens with one attached hydrogen (secondary N) is 1. The largest absolute Gasteiger partial charge is 0.497 e. The first-order chi connectivity index (χ1) is 20.3. The Bertz CT molecular complexity index is 1480. The van der Waals surface area contributed by atoms with Crippen molar-refractivity contribution in [2.45, 2.75) is 71.0 Å². The van der Waals surface area contributed by atoms with Crippen molar-refractivity contribution in [3.63, 3.8) is 0 Å². The summed E-state index contributed by atoms with van der Waals surface area (Å²) in [6.07, 6.45) is 0.323. The van der Waals surface area contributed by atoms with Crippen molar-refractivity contribution in [3.8, 4) is 11.5 Å². The molecule has 0 aliphatic carbocycles. The van der Waals surface area contributed by atoms with Gasteiger partial charge in [0.05, 0.1) is 24.3 Å². The summed E-state index contributed by atoms with van der Waals surface area (Å²) in [4.78, 5) is 29.3. The fourth-order valence-corrected chi connectivity index (χ4v) is 6.02. The van der Waals surface area contributed by atoms with Crippen LogP contribution in [-0.2, 0) is 26.2 Å². The van der Waals surface area contributed by atoms with Crippen LogP contribution < -0.4 is 19.1 Å². The number of amides is 2. The molecule has 1 N–H and O–H groups in total. The zero-order valence-corrected chi connectivity index (χ0v) is 26.9. The third-order valence-corrected chi connectivity index (χ3v) is 8.49. The highest BCUT2D eigenvalue weighted by Gasteiger charge is 2.35. The van der Waals surface area contributed by atoms with Gasteiger partial charge in [0.25, 0.3) is 10.0 Å². The smallest absolute Gasteiger partial charge is 0.264 e. The number of carbonyl (C=O) groups is 2. The number of sulfonamides is 1. The summed E-state index contributed by atoms with van der Waals surface area (Å²) < 4.78 is 40.4. The van der Waals surface area contributed by atoms with Crippen molar-refractivity contribution in [2.75, 3.05) is 24.6 Å². The Hall–Kier alpha value is -4.05. The predicted molar refractivity (Wildman–Crippen MR) is 169 cm³/mol. The van der Waals surface area contributed by atoms with E-state index in [1.165, 1.54) is 17.0 Å². The second-order valence-electron chi connectivity index (χ2n) is 11.3. The normalized spacial score (nSPS) is 12.3. The molecular formula is C33H43N3O6S. The van der Waals surface area contributed by atoms with Crippen LogP contribution in [0.15, 0.2) is 77.7 Å². The first-order valence-corrected chi connectivity index (χ1v) is 15.8. The zero-order chi connectivity index (χ0) is 31.8. The van der Waals surface area contributed by atoms with E-state index < -0.39 is 34.1 Å². The van der Waals surface area contributed by atoms with Crippen molar-refractivity contribution in [1.82, 2.24) is 10.2 Å². The van der Waals surface area contributed by atoms with Gasteiger partial charge < -0.3 is 19.7 Å². The minimum absolute atomic E-state index is 0.0384. The summed E-state index contributed by atoms with van der Waals surface area (Å²) >= 11 is 0. The summed E-state index contributed by atoms with van der Waals surface area (Å²) in [6.45, 7) is 10.9. The molecule has 0 heterocycles. The van der Waals surface area contributed by atoms with E-state index >= 15 is 0 Å². The fourth-order valence-electron chi connectivity index (χ4n) is 4.59. The van der Waals surface area contributed by atoms with Gasteiger partial charge in [0.15, 0.2) is 0 Å². The van der Waals surface area contributed by atoms with Crippen LogP contribution in [-0.4, -0.2) is 57.0 Å². The minimum Gasteiger partial charge on any atom is -0.497 e. The number of hydrogen-bond donors (Lipinski definition) is 1. The maximum absolute atomic E-state index is 14.3. The summed E-state index contributed by atoms with van der Waals surface area (Å²) in [7, 11) is -2.65. The lowest BCUT2D eigenvalue weighted by atomic mass is 10.1. The summed E-state index contributed by atoms with van der Waals surface area (Å²) in [5.41, 5.74) is 1.36. The molecule has 9 nitrogen and oxygen atoms in total. The predicted octanol–water partition coefficient (Wildman–Crippen LogP) is 5.32. The van der Waals surface area contributed by atoms with Gasteiger partial charge in [0.1, 0.15) is 24.1 Å². The molecule has 3 aromatic rings. The molecule has 3 aromatic carbocycles. The number of ether oxygens (including phenoxy) is 2. The van der Waals surface area contributed by atoms with Crippen LogP contribution in [0.1, 0.15) is 52.2 Å². The van der Waals surface area contributed by atoms with E-state index in [1.54, 1.807) is 62.6 Å². The Morgan fingerprint density at radius 2 is 1.56 bits per heavy atom. The maximum atomic E-state index is 14.3. The van der Waals surface area contributed by atoms with Gasteiger partial charge in [-0.25, -0.2) is 8.42 Å². The molecule has 1 atom stereocenters. The van der Waals surface area contributed by atoms with E-state index in [0.29, 0.717) is 24.5 Å². The van der Waals surface area contributed by atoms with Crippen molar-refractivity contribution < 1.29 is 27.5 Å². The molecule has 0 bridgehead atoms. The Morgan fingerprint density at radius 3 is 2.12 bits per heavy atom. The van der Waals surface area contributed by atoms with Crippen LogP contribution in [0.25, 0.3) is 0 Å². The highest BCUT2D eigenvalue weighted by molar-refractivity contribution is 7.92. The summed E-state index contributed by atoms with van der Waals surface area (Å²) in [5.74, 6) is 0.128. The lowest BCUT2D eigenvalue weighted by Crippen LogP contribution is -2.55. The second-order valence-corrected chi connectivity index (χ2v) is 13.1. The molecule has 2 amide bonds. The lowest BCUT2D eigenvalue weighted by Gasteiger charge is -2.35. The molecule has 10 heteroatoms. The molecule has 0 unspecified atom stereocenters. The number of para-hydroxylation sites is 2. The number of methoxy groups -OCH3 is 1. The first-order valence-electron chi connectivity index (χ1n) is 14.4. The molecule has 0 radical (unpaired) electrons. The van der Waals surface area contributed by atoms with Gasteiger partial charge in [-0.3, -0.25) is 13.9 Å². The van der Waals surface area contributed by atoms with Crippen LogP contribution in [0, 0.1) is 6.92 Å². The molecule has 0 aliphatic heterocycles. The van der Waals surface area contributed by atoms with Gasteiger partial charge >= 0.3 is 0 Å². The van der Waals surface area contributed by atoms with Gasteiger partial charge in [0.2, 0.25) is 11.8 Å². The molecule has 232 valence electrons. The fraction of sp³-hybridized carbons (Fsp3) is 0.394. The SMILES string of the molecule is CCOc1ccccc1N(CC(=O)N(Cc1ccc(OC)cc1)[C@H](CC)C(=O)NC(C)(C)C)S(=O)(=O)c1ccc(C)cc1. The van der Waals surface area contributed by atoms with Gasteiger partial charge in [-0.05, 0) is 83.0 Å². The van der Waals surface area contributed by atoms with E-state index in [4.69, 9.17) is 9.47 Å². The number of anilines is 1. The van der Waals surface area contributed by atoms with Gasteiger partial charge in [-0.1, -0.05) is 48.9 Å². The molecule has 43 heavy (non-hydrogen) atoms. The number of carbonyl (C=O) groups excluding carboxylic acids is 2. The summed E-state index contributed by atoms with van der Waals surface area (Å²) in [6, 6.07) is 19.5. The average Bonchev–Trinajstić information content (AvgIpc) is 2.96. The van der Waals surface area contributed by atoms with Crippen molar-refractivity contribution in [2.24, 2.45) is 0 Å². The van der Waals surface area contributed by atoms with Crippen molar-refractivity contribution >= 4 is 27.5 Å². The third-order valence-electron chi connectivity index (χ3n) is 6.72. The topological polar surface area (TPSA) is 105 Å². The molecule has 0 fully saturated rings. The molecule has 0 aliphatic rings. The number of nitrogens with zero attached hydrogens (tertiary/aromatic N) is 2. The highest BCUT2D eigenvalue weighted by Crippen LogP contribution is 2.33. The van der Waals surface area contributed by atoms with Gasteiger partial charge in [0, 0.05) is 12.1 Å². The van der Waals surface area contributed by atoms with Gasteiger partial charge in [-0.2, -0.15) is 0 Å². The number of rotatable bonds is 13. The van der Waals surface area contributed by atoms with E-state index in [-0.39, 0.29) is 23.0 Å². The van der Waals surface area contributed by atoms with E-state index in [0.717, 1.165) is 15.4 Å². The Balaban J connectivity index is 2.12. The minimum atomic E-state index is -4.21. The Labute approximate surface area is 255 Å². The quantitative estimate of drug-likeness (QED) is 0.281. The van der Waals surface area contributed by atoms with Gasteiger partial charge in [-0.15, -0.1) is 0 Å². The monoisotopic (exact) mass is 609 g/mol. The van der Waals surface area contributed by atoms with Crippen LogP contribution in [0.5, 0.6) is 11.5 Å². The number of hydrogen-bond acceptors (Lipinski definition) is 6. The standard InChI is InChI=1S/C33H43N3O6S/c1-8-28(32(38)34-33(4,5)6)35(22-25-16-18-26(41-7)19-17-25)31(37)23-36(29-12-10-11-13-30(29)42-9-2)43(39,40)27-20-14-24(3)15-21-27/h10-21,28H,8-9,22-23H2,1-7H3,(H,34,38)/t28-/m1/s1. The van der Waals surface area contributed by atoms with Crippen LogP contribution in [0.4, 0.5) is 5.69 Å². The van der Waals surface area contributed by atoms with Crippen LogP contribution >= 0.6 is 0 Å². The van der Waals surface area contributed by atoms with Crippen molar-refractivity contribution in [1.29, 1.82) is 0 Å². The van der Waals surface area contributed by atoms with Crippen LogP contribution in [0.2, 0.25) is 0 Å². The zero-order valence-electron chi connectivity index (χ0n) is 26.1. The molecular weight excluding hydrogens is 566 g/mol. The maximum Gasteiger partial charge on any atom is 0.264 e. The molecule has 0 aromatic heterocycles. The molecule has 0 saturated carbocycles. The summed E-state index contributed by atoms with van der Waals surface area (Å²) in [5, 5.41) is 2.98. The Morgan fingerprint density at radius 1 is 0.930 bits per heavy atom. The van der Waals surface area contributed by atoms with Crippen LogP contribution in [0.3, 0.4) is 0 Å². The molecule has 0 spiro atoms. The number of aryl methyl sites for hydroxylation is 1. The Kier molecular flexibility index (Phi) is 11.2. The highest BCUT2D eigenvalue weighted by atomic mass is 32.2. The van der Waals surface area contributed by atoms with E-state index in [9.17, 15) is 18.0 Å². The molecule has 0 saturated heterocycles. The second kappa shape index (κ2) is 14.4. The molecule has 3 rings (SSSR count). The van der Waals surface area contributed by atoms with E-state index in [2.05, 4.69) is 5.32 Å². The third kappa shape index (κ3) is 8.73. The van der Waals surface area contributed by atoms with Crippen molar-refractivity contribution in [3.05, 3.63) is 83.9 Å². The van der Waals surface area contributed by atoms with E-state index in [1.807, 2.05) is 46.8 Å². The average molecular weight is 610 g/mol. The first kappa shape index (κ1) is 33.5. The number of benzene rings is 3.